The van der Waals surface area contributed by atoms with Crippen LogP contribution in [0.2, 0.25) is 0 Å². The van der Waals surface area contributed by atoms with E-state index in [4.69, 9.17) is 28.1 Å². The number of rotatable bonds is 9. The van der Waals surface area contributed by atoms with Gasteiger partial charge in [-0.2, -0.15) is 0 Å². The molecular formula is C28H27NO8. The van der Waals surface area contributed by atoms with Gasteiger partial charge in [-0.25, -0.2) is 0 Å². The molecule has 192 valence electrons. The van der Waals surface area contributed by atoms with Crippen LogP contribution in [0.25, 0.3) is 11.0 Å². The molecule has 0 aliphatic carbocycles. The highest BCUT2D eigenvalue weighted by Crippen LogP contribution is 2.38. The van der Waals surface area contributed by atoms with E-state index in [-0.39, 0.29) is 17.5 Å². The minimum Gasteiger partial charge on any atom is -0.497 e. The number of amides is 1. The second kappa shape index (κ2) is 10.5. The van der Waals surface area contributed by atoms with Gasteiger partial charge in [0.2, 0.25) is 11.5 Å². The Kier molecular flexibility index (Phi) is 7.24. The maximum absolute atomic E-state index is 13.4. The Hall–Kier alpha value is -4.66. The van der Waals surface area contributed by atoms with Crippen LogP contribution >= 0.6 is 0 Å². The SMILES string of the molecule is COc1ccc(OC)c(C(=O)c2oc3cc(NC(=O)c4cc(OC)c(OC)c(OC)c4)ccc3c2C)c1. The van der Waals surface area contributed by atoms with Crippen LogP contribution in [-0.4, -0.2) is 47.2 Å². The maximum atomic E-state index is 13.4. The summed E-state index contributed by atoms with van der Waals surface area (Å²) in [5, 5.41) is 3.59. The molecule has 4 rings (SSSR count). The van der Waals surface area contributed by atoms with Crippen molar-refractivity contribution < 1.29 is 37.7 Å². The van der Waals surface area contributed by atoms with E-state index in [9.17, 15) is 9.59 Å². The van der Waals surface area contributed by atoms with Gasteiger partial charge in [0.1, 0.15) is 17.1 Å². The Morgan fingerprint density at radius 3 is 2.03 bits per heavy atom. The minimum atomic E-state index is -0.390. The third-order valence-corrected chi connectivity index (χ3v) is 5.98. The zero-order valence-corrected chi connectivity index (χ0v) is 21.4. The quantitative estimate of drug-likeness (QED) is 0.307. The number of carbonyl (C=O) groups is 2. The number of carbonyl (C=O) groups excluding carboxylic acids is 2. The lowest BCUT2D eigenvalue weighted by Gasteiger charge is -2.14. The molecule has 0 fully saturated rings. The third-order valence-electron chi connectivity index (χ3n) is 5.98. The number of hydrogen-bond donors (Lipinski definition) is 1. The van der Waals surface area contributed by atoms with Crippen molar-refractivity contribution in [1.29, 1.82) is 0 Å². The summed E-state index contributed by atoms with van der Waals surface area (Å²) in [5.41, 5.74) is 2.24. The van der Waals surface area contributed by atoms with Crippen LogP contribution < -0.4 is 29.0 Å². The number of anilines is 1. The molecule has 0 aliphatic heterocycles. The Bertz CT molecular complexity index is 1460. The lowest BCUT2D eigenvalue weighted by Crippen LogP contribution is -2.12. The van der Waals surface area contributed by atoms with Gasteiger partial charge >= 0.3 is 0 Å². The molecule has 0 radical (unpaired) electrons. The summed E-state index contributed by atoms with van der Waals surface area (Å²) in [6, 6.07) is 13.3. The first-order valence-corrected chi connectivity index (χ1v) is 11.3. The van der Waals surface area contributed by atoms with Crippen LogP contribution in [-0.2, 0) is 0 Å². The zero-order valence-electron chi connectivity index (χ0n) is 21.4. The Morgan fingerprint density at radius 1 is 0.757 bits per heavy atom. The number of methoxy groups -OCH3 is 5. The average Bonchev–Trinajstić information content (AvgIpc) is 3.26. The van der Waals surface area contributed by atoms with Crippen molar-refractivity contribution in [2.45, 2.75) is 6.92 Å². The minimum absolute atomic E-state index is 0.176. The standard InChI is InChI=1S/C28H27NO8/c1-15-19-9-7-17(29-28(31)16-11-23(34-4)27(36-6)24(12-16)35-5)13-22(19)37-26(15)25(30)20-14-18(32-2)8-10-21(20)33-3/h7-14H,1-6H3,(H,29,31). The molecule has 0 bridgehead atoms. The number of benzene rings is 3. The lowest BCUT2D eigenvalue weighted by molar-refractivity contribution is 0.100. The molecule has 9 nitrogen and oxygen atoms in total. The Balaban J connectivity index is 1.66. The Labute approximate surface area is 213 Å². The average molecular weight is 506 g/mol. The number of hydrogen-bond acceptors (Lipinski definition) is 8. The van der Waals surface area contributed by atoms with Crippen LogP contribution in [0.3, 0.4) is 0 Å². The molecule has 1 heterocycles. The van der Waals surface area contributed by atoms with Gasteiger partial charge in [0, 0.05) is 28.3 Å². The molecule has 37 heavy (non-hydrogen) atoms. The van der Waals surface area contributed by atoms with Gasteiger partial charge in [-0.05, 0) is 49.4 Å². The highest BCUT2D eigenvalue weighted by molar-refractivity contribution is 6.12. The van der Waals surface area contributed by atoms with Gasteiger partial charge in [-0.15, -0.1) is 0 Å². The second-order valence-corrected chi connectivity index (χ2v) is 8.03. The molecule has 0 saturated carbocycles. The number of aryl methyl sites for hydroxylation is 1. The van der Waals surface area contributed by atoms with Crippen molar-refractivity contribution in [3.05, 3.63) is 71.0 Å². The molecule has 4 aromatic rings. The fourth-order valence-corrected chi connectivity index (χ4v) is 4.05. The van der Waals surface area contributed by atoms with Gasteiger partial charge in [-0.3, -0.25) is 9.59 Å². The van der Waals surface area contributed by atoms with Crippen LogP contribution in [0.5, 0.6) is 28.7 Å². The fourth-order valence-electron chi connectivity index (χ4n) is 4.05. The van der Waals surface area contributed by atoms with Crippen molar-refractivity contribution >= 4 is 28.3 Å². The summed E-state index contributed by atoms with van der Waals surface area (Å²) in [7, 11) is 7.46. The first kappa shape index (κ1) is 25.4. The van der Waals surface area contributed by atoms with Gasteiger partial charge < -0.3 is 33.4 Å². The summed E-state index contributed by atoms with van der Waals surface area (Å²) < 4.78 is 32.6. The highest BCUT2D eigenvalue weighted by atomic mass is 16.5. The van der Waals surface area contributed by atoms with E-state index < -0.39 is 0 Å². The summed E-state index contributed by atoms with van der Waals surface area (Å²) in [6.45, 7) is 1.81. The highest BCUT2D eigenvalue weighted by Gasteiger charge is 2.23. The van der Waals surface area contributed by atoms with Crippen LogP contribution in [0.1, 0.15) is 32.0 Å². The predicted octanol–water partition coefficient (Wildman–Crippen LogP) is 5.27. The van der Waals surface area contributed by atoms with E-state index in [1.54, 1.807) is 55.5 Å². The van der Waals surface area contributed by atoms with Crippen molar-refractivity contribution in [1.82, 2.24) is 0 Å². The topological polar surface area (TPSA) is 105 Å². The van der Waals surface area contributed by atoms with E-state index in [1.807, 2.05) is 0 Å². The van der Waals surface area contributed by atoms with Gasteiger partial charge in [0.05, 0.1) is 41.1 Å². The van der Waals surface area contributed by atoms with Crippen molar-refractivity contribution in [2.24, 2.45) is 0 Å². The lowest BCUT2D eigenvalue weighted by atomic mass is 10.0. The van der Waals surface area contributed by atoms with Crippen LogP contribution in [0, 0.1) is 6.92 Å². The zero-order chi connectivity index (χ0) is 26.7. The van der Waals surface area contributed by atoms with Crippen molar-refractivity contribution in [3.63, 3.8) is 0 Å². The number of ether oxygens (including phenoxy) is 5. The number of nitrogens with one attached hydrogen (secondary N) is 1. The normalized spacial score (nSPS) is 10.6. The summed E-state index contributed by atoms with van der Waals surface area (Å²) >= 11 is 0. The van der Waals surface area contributed by atoms with E-state index in [0.29, 0.717) is 56.7 Å². The van der Waals surface area contributed by atoms with Gasteiger partial charge in [0.15, 0.2) is 17.3 Å². The number of fused-ring (bicyclic) bond motifs is 1. The molecule has 0 saturated heterocycles. The molecular weight excluding hydrogens is 478 g/mol. The predicted molar refractivity (Wildman–Crippen MR) is 138 cm³/mol. The molecule has 1 amide bonds. The molecule has 1 aromatic heterocycles. The van der Waals surface area contributed by atoms with E-state index in [0.717, 1.165) is 5.39 Å². The van der Waals surface area contributed by atoms with E-state index >= 15 is 0 Å². The monoisotopic (exact) mass is 505 g/mol. The fraction of sp³-hybridized carbons (Fsp3) is 0.214. The maximum Gasteiger partial charge on any atom is 0.255 e. The molecule has 0 unspecified atom stereocenters. The second-order valence-electron chi connectivity index (χ2n) is 8.03. The molecule has 9 heteroatoms. The van der Waals surface area contributed by atoms with Gasteiger partial charge in [-0.1, -0.05) is 0 Å². The van der Waals surface area contributed by atoms with E-state index in [2.05, 4.69) is 5.32 Å². The molecule has 1 N–H and O–H groups in total. The van der Waals surface area contributed by atoms with E-state index in [1.165, 1.54) is 35.5 Å². The molecule has 0 atom stereocenters. The summed E-state index contributed by atoms with van der Waals surface area (Å²) in [6.07, 6.45) is 0. The number of ketones is 1. The molecule has 3 aromatic carbocycles. The molecule has 0 aliphatic rings. The first-order valence-electron chi connectivity index (χ1n) is 11.3. The van der Waals surface area contributed by atoms with Crippen molar-refractivity contribution in [3.8, 4) is 28.7 Å². The summed E-state index contributed by atoms with van der Waals surface area (Å²) in [4.78, 5) is 26.4. The largest absolute Gasteiger partial charge is 0.497 e. The molecule has 0 spiro atoms. The van der Waals surface area contributed by atoms with Crippen molar-refractivity contribution in [2.75, 3.05) is 40.9 Å². The smallest absolute Gasteiger partial charge is 0.255 e. The first-order chi connectivity index (χ1) is 17.8. The number of furan rings is 1. The third kappa shape index (κ3) is 4.75. The van der Waals surface area contributed by atoms with Gasteiger partial charge in [0.25, 0.3) is 5.91 Å². The van der Waals surface area contributed by atoms with Crippen LogP contribution in [0.4, 0.5) is 5.69 Å². The summed E-state index contributed by atoms with van der Waals surface area (Å²) in [5.74, 6) is 1.49. The van der Waals surface area contributed by atoms with Crippen LogP contribution in [0.15, 0.2) is 52.9 Å². The Morgan fingerprint density at radius 2 is 1.43 bits per heavy atom.